The lowest BCUT2D eigenvalue weighted by Gasteiger charge is -2.32. The Kier molecular flexibility index (Phi) is 8.59. The monoisotopic (exact) mass is 555 g/mol. The third-order valence-electron chi connectivity index (χ3n) is 6.95. The maximum atomic E-state index is 13.8. The molecule has 208 valence electrons. The standard InChI is InChI=1S/C28H33N3O7S/c1-4-5-14-23-29-26(32)25(28(34)31(23)24-21(37-2)12-9-13-22(24)38-3)39(35,36)20-15-17-30(18-16-20)27(33)19-10-7-6-8-11-19/h6-13,20,34H,4-5,14-18H2,1-3H3. The Morgan fingerprint density at radius 1 is 1.03 bits per heavy atom. The Bertz CT molecular complexity index is 1470. The number of para-hydroxylation sites is 1. The third kappa shape index (κ3) is 5.49. The summed E-state index contributed by atoms with van der Waals surface area (Å²) in [5.74, 6) is -0.0919. The number of hydrogen-bond acceptors (Lipinski definition) is 8. The number of hydrogen-bond donors (Lipinski definition) is 1. The average molecular weight is 556 g/mol. The highest BCUT2D eigenvalue weighted by Gasteiger charge is 2.38. The summed E-state index contributed by atoms with van der Waals surface area (Å²) in [7, 11) is -1.42. The maximum Gasteiger partial charge on any atom is 0.295 e. The molecule has 39 heavy (non-hydrogen) atoms. The summed E-state index contributed by atoms with van der Waals surface area (Å²) in [6.45, 7) is 2.38. The average Bonchev–Trinajstić information content (AvgIpc) is 2.95. The molecule has 0 spiro atoms. The molecule has 1 aliphatic heterocycles. The fourth-order valence-corrected chi connectivity index (χ4v) is 6.67. The lowest BCUT2D eigenvalue weighted by atomic mass is 10.1. The molecule has 1 amide bonds. The van der Waals surface area contributed by atoms with Crippen LogP contribution in [0.25, 0.3) is 5.69 Å². The number of amides is 1. The molecule has 2 heterocycles. The van der Waals surface area contributed by atoms with E-state index in [-0.39, 0.29) is 43.4 Å². The molecule has 0 saturated carbocycles. The molecule has 1 aromatic heterocycles. The highest BCUT2D eigenvalue weighted by atomic mass is 32.2. The van der Waals surface area contributed by atoms with Gasteiger partial charge in [0.1, 0.15) is 23.0 Å². The first-order valence-electron chi connectivity index (χ1n) is 12.9. The Morgan fingerprint density at radius 2 is 1.64 bits per heavy atom. The van der Waals surface area contributed by atoms with Crippen LogP contribution in [-0.4, -0.2) is 66.4 Å². The van der Waals surface area contributed by atoms with Crippen LogP contribution < -0.4 is 15.0 Å². The molecule has 0 atom stereocenters. The zero-order chi connectivity index (χ0) is 28.2. The van der Waals surface area contributed by atoms with Crippen molar-refractivity contribution in [2.45, 2.75) is 49.2 Å². The molecule has 11 heteroatoms. The van der Waals surface area contributed by atoms with Crippen molar-refractivity contribution in [3.05, 3.63) is 70.3 Å². The van der Waals surface area contributed by atoms with E-state index in [1.165, 1.54) is 18.8 Å². The first-order valence-corrected chi connectivity index (χ1v) is 14.4. The second-order valence-electron chi connectivity index (χ2n) is 9.34. The zero-order valence-electron chi connectivity index (χ0n) is 22.3. The largest absolute Gasteiger partial charge is 0.494 e. The molecule has 1 aliphatic rings. The van der Waals surface area contributed by atoms with Gasteiger partial charge in [-0.3, -0.25) is 14.2 Å². The van der Waals surface area contributed by atoms with Crippen molar-refractivity contribution in [1.29, 1.82) is 0 Å². The minimum Gasteiger partial charge on any atom is -0.494 e. The van der Waals surface area contributed by atoms with Crippen molar-refractivity contribution in [2.75, 3.05) is 27.3 Å². The highest BCUT2D eigenvalue weighted by Crippen LogP contribution is 2.38. The Morgan fingerprint density at radius 3 is 2.21 bits per heavy atom. The van der Waals surface area contributed by atoms with Gasteiger partial charge in [0.15, 0.2) is 14.7 Å². The number of likely N-dealkylation sites (tertiary alicyclic amines) is 1. The van der Waals surface area contributed by atoms with E-state index >= 15 is 0 Å². The van der Waals surface area contributed by atoms with Crippen LogP contribution in [-0.2, 0) is 16.3 Å². The number of carbonyl (C=O) groups excluding carboxylic acids is 1. The molecule has 0 bridgehead atoms. The number of nitrogens with zero attached hydrogens (tertiary/aromatic N) is 3. The van der Waals surface area contributed by atoms with E-state index in [2.05, 4.69) is 4.98 Å². The minimum absolute atomic E-state index is 0.120. The van der Waals surface area contributed by atoms with Crippen molar-refractivity contribution in [1.82, 2.24) is 14.5 Å². The van der Waals surface area contributed by atoms with Crippen LogP contribution in [0, 0.1) is 0 Å². The van der Waals surface area contributed by atoms with Gasteiger partial charge in [-0.1, -0.05) is 37.6 Å². The van der Waals surface area contributed by atoms with Gasteiger partial charge < -0.3 is 19.5 Å². The molecule has 1 saturated heterocycles. The van der Waals surface area contributed by atoms with E-state index in [0.717, 1.165) is 6.42 Å². The Hall–Kier alpha value is -3.86. The maximum absolute atomic E-state index is 13.8. The van der Waals surface area contributed by atoms with Crippen LogP contribution >= 0.6 is 0 Å². The molecular weight excluding hydrogens is 522 g/mol. The van der Waals surface area contributed by atoms with E-state index in [9.17, 15) is 23.1 Å². The number of aryl methyl sites for hydroxylation is 1. The van der Waals surface area contributed by atoms with E-state index in [4.69, 9.17) is 9.47 Å². The number of benzene rings is 2. The molecule has 3 aromatic rings. The van der Waals surface area contributed by atoms with Crippen LogP contribution in [0.1, 0.15) is 48.8 Å². The molecular formula is C28H33N3O7S. The number of ether oxygens (including phenoxy) is 2. The number of methoxy groups -OCH3 is 2. The van der Waals surface area contributed by atoms with Crippen molar-refractivity contribution in [2.24, 2.45) is 0 Å². The zero-order valence-corrected chi connectivity index (χ0v) is 23.1. The van der Waals surface area contributed by atoms with Crippen LogP contribution in [0.4, 0.5) is 0 Å². The first-order chi connectivity index (χ1) is 18.7. The van der Waals surface area contributed by atoms with E-state index in [1.54, 1.807) is 47.4 Å². The summed E-state index contributed by atoms with van der Waals surface area (Å²) in [5.41, 5.74) is -0.234. The first kappa shape index (κ1) is 28.2. The van der Waals surface area contributed by atoms with E-state index in [0.29, 0.717) is 29.9 Å². The number of piperidine rings is 1. The molecule has 4 rings (SSSR count). The van der Waals surface area contributed by atoms with Gasteiger partial charge in [0.05, 0.1) is 19.5 Å². The van der Waals surface area contributed by atoms with E-state index in [1.807, 2.05) is 13.0 Å². The molecule has 10 nitrogen and oxygen atoms in total. The molecule has 0 aliphatic carbocycles. The van der Waals surface area contributed by atoms with Crippen molar-refractivity contribution in [3.63, 3.8) is 0 Å². The van der Waals surface area contributed by atoms with Crippen LogP contribution in [0.5, 0.6) is 17.4 Å². The summed E-state index contributed by atoms with van der Waals surface area (Å²) in [6.07, 6.45) is 2.01. The quantitative estimate of drug-likeness (QED) is 0.426. The van der Waals surface area contributed by atoms with Gasteiger partial charge in [-0.25, -0.2) is 8.42 Å². The number of sulfone groups is 1. The van der Waals surface area contributed by atoms with Crippen LogP contribution in [0.2, 0.25) is 0 Å². The second kappa shape index (κ2) is 11.9. The predicted molar refractivity (Wildman–Crippen MR) is 146 cm³/mol. The molecule has 1 N–H and O–H groups in total. The van der Waals surface area contributed by atoms with Gasteiger partial charge >= 0.3 is 0 Å². The van der Waals surface area contributed by atoms with Gasteiger partial charge in [-0.05, 0) is 43.5 Å². The molecule has 0 unspecified atom stereocenters. The summed E-state index contributed by atoms with van der Waals surface area (Å²) < 4.78 is 39.9. The van der Waals surface area contributed by atoms with Gasteiger partial charge in [0.25, 0.3) is 11.5 Å². The number of aromatic nitrogens is 2. The van der Waals surface area contributed by atoms with Crippen molar-refractivity contribution >= 4 is 15.7 Å². The molecule has 1 fully saturated rings. The second-order valence-corrected chi connectivity index (χ2v) is 11.5. The lowest BCUT2D eigenvalue weighted by molar-refractivity contribution is 0.0725. The number of carbonyl (C=O) groups is 1. The van der Waals surface area contributed by atoms with Gasteiger partial charge in [-0.2, -0.15) is 4.98 Å². The smallest absolute Gasteiger partial charge is 0.295 e. The Labute approximate surface area is 227 Å². The van der Waals surface area contributed by atoms with Crippen LogP contribution in [0.15, 0.2) is 58.2 Å². The predicted octanol–water partition coefficient (Wildman–Crippen LogP) is 3.38. The summed E-state index contributed by atoms with van der Waals surface area (Å²) >= 11 is 0. The van der Waals surface area contributed by atoms with Gasteiger partial charge in [0.2, 0.25) is 5.88 Å². The summed E-state index contributed by atoms with van der Waals surface area (Å²) in [4.78, 5) is 31.0. The van der Waals surface area contributed by atoms with Crippen molar-refractivity contribution in [3.8, 4) is 23.1 Å². The minimum atomic E-state index is -4.31. The fourth-order valence-electron chi connectivity index (χ4n) is 4.88. The Balaban J connectivity index is 1.75. The number of unbranched alkanes of at least 4 members (excludes halogenated alkanes) is 1. The SMILES string of the molecule is CCCCc1nc(=O)c(S(=O)(=O)C2CCN(C(=O)c3ccccc3)CC2)c(O)n1-c1c(OC)cccc1OC. The molecule has 2 aromatic carbocycles. The van der Waals surface area contributed by atoms with Crippen LogP contribution in [0.3, 0.4) is 0 Å². The van der Waals surface area contributed by atoms with Gasteiger partial charge in [-0.15, -0.1) is 0 Å². The topological polar surface area (TPSA) is 128 Å². The highest BCUT2D eigenvalue weighted by molar-refractivity contribution is 7.92. The summed E-state index contributed by atoms with van der Waals surface area (Å²) in [6, 6.07) is 13.8. The number of aromatic hydroxyl groups is 1. The number of rotatable bonds is 9. The van der Waals surface area contributed by atoms with E-state index < -0.39 is 31.4 Å². The van der Waals surface area contributed by atoms with Gasteiger partial charge in [0, 0.05) is 25.1 Å². The van der Waals surface area contributed by atoms with Crippen molar-refractivity contribution < 1.29 is 27.8 Å². The summed E-state index contributed by atoms with van der Waals surface area (Å²) in [5, 5.41) is 10.5. The fraction of sp³-hybridized carbons (Fsp3) is 0.393. The lowest BCUT2D eigenvalue weighted by Crippen LogP contribution is -2.43. The molecule has 0 radical (unpaired) electrons. The third-order valence-corrected chi connectivity index (χ3v) is 9.23. The normalized spacial score (nSPS) is 14.3.